The van der Waals surface area contributed by atoms with Gasteiger partial charge in [0.2, 0.25) is 17.2 Å². The van der Waals surface area contributed by atoms with Crippen molar-refractivity contribution >= 4 is 63.3 Å². The van der Waals surface area contributed by atoms with Gasteiger partial charge in [0, 0.05) is 40.3 Å². The van der Waals surface area contributed by atoms with E-state index in [1.807, 2.05) is 0 Å². The van der Waals surface area contributed by atoms with Gasteiger partial charge in [-0.2, -0.15) is 49.6 Å². The Morgan fingerprint density at radius 3 is 2.23 bits per heavy atom. The first kappa shape index (κ1) is 59.2. The number of sulfone groups is 1. The van der Waals surface area contributed by atoms with Gasteiger partial charge in [0.25, 0.3) is 5.92 Å². The normalized spacial score (nSPS) is 17.4. The number of amides is 1. The number of halogens is 11. The van der Waals surface area contributed by atoms with E-state index in [0.717, 1.165) is 50.4 Å². The number of rotatable bonds is 18. The number of ether oxygens (including phenoxy) is 1. The Morgan fingerprint density at radius 2 is 1.65 bits per heavy atom. The van der Waals surface area contributed by atoms with Crippen molar-refractivity contribution in [2.24, 2.45) is 11.3 Å². The lowest BCUT2D eigenvalue weighted by Gasteiger charge is -2.24. The van der Waals surface area contributed by atoms with Gasteiger partial charge < -0.3 is 19.8 Å². The molecule has 4 N–H and O–H groups in total. The van der Waals surface area contributed by atoms with Gasteiger partial charge in [-0.3, -0.25) is 28.0 Å². The highest BCUT2D eigenvalue weighted by Crippen LogP contribution is 2.68. The second-order valence-corrected chi connectivity index (χ2v) is 24.4. The van der Waals surface area contributed by atoms with Crippen LogP contribution in [0.25, 0.3) is 22.0 Å². The zero-order valence-corrected chi connectivity index (χ0v) is 43.7. The number of esters is 1. The topological polar surface area (TPSA) is 245 Å². The summed E-state index contributed by atoms with van der Waals surface area (Å²) in [5, 5.41) is 9.18. The van der Waals surface area contributed by atoms with E-state index >= 15 is 8.78 Å². The molecule has 7 rings (SSSR count). The minimum Gasteiger partial charge on any atom is -0.448 e. The molecule has 18 nitrogen and oxygen atoms in total. The predicted molar refractivity (Wildman–Crippen MR) is 252 cm³/mol. The van der Waals surface area contributed by atoms with E-state index in [2.05, 4.69) is 36.9 Å². The first-order chi connectivity index (χ1) is 35.3. The van der Waals surface area contributed by atoms with Crippen LogP contribution in [0.15, 0.2) is 42.5 Å². The van der Waals surface area contributed by atoms with Crippen LogP contribution in [0.5, 0.6) is 0 Å². The monoisotopic (exact) mass is 1180 g/mol. The summed E-state index contributed by atoms with van der Waals surface area (Å²) in [5.74, 6) is -6.32. The average molecular weight is 1180 g/mol. The fraction of sp³-hybridized carbons (Fsp3) is 0.444. The number of hydrogen-bond donors (Lipinski definition) is 4. The van der Waals surface area contributed by atoms with Gasteiger partial charge in [-0.1, -0.05) is 23.6 Å². The number of nitrogens with one attached hydrogen (secondary N) is 1. The molecule has 0 bridgehead atoms. The number of pyridine rings is 1. The Hall–Kier alpha value is -5.51. The molecule has 2 aliphatic rings. The van der Waals surface area contributed by atoms with Crippen molar-refractivity contribution in [2.45, 2.75) is 95.2 Å². The van der Waals surface area contributed by atoms with Crippen molar-refractivity contribution < 1.29 is 94.3 Å². The summed E-state index contributed by atoms with van der Waals surface area (Å²) in [6, 6.07) is 4.92. The lowest BCUT2D eigenvalue weighted by atomic mass is 9.93. The van der Waals surface area contributed by atoms with E-state index in [1.165, 1.54) is 19.9 Å². The summed E-state index contributed by atoms with van der Waals surface area (Å²) < 4.78 is 215. The largest absolute Gasteiger partial charge is 0.469 e. The molecule has 418 valence electrons. The number of carbonyl (C=O) groups is 2. The van der Waals surface area contributed by atoms with E-state index in [4.69, 9.17) is 26.1 Å². The molecular formula is C45H43ClF10N7O11PS2. The molecule has 32 heteroatoms. The van der Waals surface area contributed by atoms with Gasteiger partial charge >= 0.3 is 26.1 Å². The molecule has 0 aliphatic heterocycles. The number of nitrogens with zero attached hydrogens (tertiary/aromatic N) is 6. The molecule has 2 unspecified atom stereocenters. The third kappa shape index (κ3) is 13.2. The highest BCUT2D eigenvalue weighted by atomic mass is 35.5. The van der Waals surface area contributed by atoms with Crippen LogP contribution in [0, 0.1) is 34.8 Å². The summed E-state index contributed by atoms with van der Waals surface area (Å²) in [6.45, 7) is -1.38. The molecular weight excluding hydrogens is 1140 g/mol. The quantitative estimate of drug-likeness (QED) is 0.0163. The maximum absolute atomic E-state index is 15.6. The van der Waals surface area contributed by atoms with Gasteiger partial charge in [0.1, 0.15) is 40.9 Å². The summed E-state index contributed by atoms with van der Waals surface area (Å²) in [4.78, 5) is 49.9. The highest BCUT2D eigenvalue weighted by Gasteiger charge is 2.68. The Kier molecular flexibility index (Phi) is 16.1. The SMILES string of the molecule is CC(C)(COP(=O)(O)O)C(=O)OCN(Cc1nn(CC(F)(F)F)c2c(-c3ccc(C#CC(C)(C)S(C)(=O)=O)nc3C(Cc3cc(F)cc(F)c3)NC(=O)Cn3nc(C(F)(F)F)c4c3C(F)(F)[C@@H]3C[C@H]43)ccc(Cl)c12)S(=O)O. The second-order valence-electron chi connectivity index (χ2n) is 19.2. The third-order valence-corrected chi connectivity index (χ3v) is 15.8. The molecule has 2 aromatic carbocycles. The molecule has 0 spiro atoms. The van der Waals surface area contributed by atoms with Gasteiger partial charge in [-0.05, 0) is 88.3 Å². The second kappa shape index (κ2) is 20.9. The molecule has 0 saturated heterocycles. The maximum atomic E-state index is 15.6. The third-order valence-electron chi connectivity index (χ3n) is 12.4. The van der Waals surface area contributed by atoms with E-state index in [-0.39, 0.29) is 43.9 Å². The molecule has 1 fully saturated rings. The smallest absolute Gasteiger partial charge is 0.448 e. The summed E-state index contributed by atoms with van der Waals surface area (Å²) >= 11 is 3.55. The van der Waals surface area contributed by atoms with Crippen molar-refractivity contribution in [3.8, 4) is 23.0 Å². The lowest BCUT2D eigenvalue weighted by molar-refractivity contribution is -0.159. The van der Waals surface area contributed by atoms with E-state index in [9.17, 15) is 66.5 Å². The maximum Gasteiger partial charge on any atom is 0.469 e. The van der Waals surface area contributed by atoms with Crippen molar-refractivity contribution in [3.63, 3.8) is 0 Å². The molecule has 77 heavy (non-hydrogen) atoms. The van der Waals surface area contributed by atoms with Crippen molar-refractivity contribution in [2.75, 3.05) is 19.6 Å². The van der Waals surface area contributed by atoms with Crippen molar-refractivity contribution in [1.29, 1.82) is 0 Å². The van der Waals surface area contributed by atoms with Crippen LogP contribution in [-0.4, -0.2) is 98.2 Å². The summed E-state index contributed by atoms with van der Waals surface area (Å²) in [7, 11) is -9.01. The van der Waals surface area contributed by atoms with Crippen LogP contribution in [-0.2, 0) is 82.7 Å². The van der Waals surface area contributed by atoms with E-state index < -0.39 is 172 Å². The Bertz CT molecular complexity index is 3430. The highest BCUT2D eigenvalue weighted by molar-refractivity contribution is 7.92. The number of phosphoric acid groups is 1. The first-order valence-electron chi connectivity index (χ1n) is 22.3. The first-order valence-corrected chi connectivity index (χ1v) is 27.2. The number of hydrogen-bond acceptors (Lipinski definition) is 11. The van der Waals surface area contributed by atoms with Crippen LogP contribution in [0.1, 0.15) is 85.7 Å². The zero-order valence-electron chi connectivity index (χ0n) is 40.4. The van der Waals surface area contributed by atoms with Crippen molar-refractivity contribution in [1.82, 2.24) is 34.2 Å². The number of fused-ring (bicyclic) bond motifs is 4. The number of phosphoric ester groups is 1. The lowest BCUT2D eigenvalue weighted by Crippen LogP contribution is -2.36. The number of carbonyl (C=O) groups excluding carboxylic acids is 2. The summed E-state index contributed by atoms with van der Waals surface area (Å²) in [6.07, 6.45) is -10.4. The average Bonchev–Trinajstić information content (AvgIpc) is 3.80. The van der Waals surface area contributed by atoms with Gasteiger partial charge in [0.05, 0.1) is 46.5 Å². The molecule has 0 radical (unpaired) electrons. The molecule has 1 saturated carbocycles. The zero-order chi connectivity index (χ0) is 57.3. The number of aromatic nitrogens is 5. The number of benzene rings is 2. The molecule has 5 aromatic rings. The van der Waals surface area contributed by atoms with Crippen LogP contribution in [0.3, 0.4) is 0 Å². The van der Waals surface area contributed by atoms with Gasteiger partial charge in [-0.15, -0.1) is 0 Å². The Morgan fingerprint density at radius 1 is 1.01 bits per heavy atom. The molecule has 1 amide bonds. The summed E-state index contributed by atoms with van der Waals surface area (Å²) in [5.41, 5.74) is -7.90. The van der Waals surface area contributed by atoms with Crippen LogP contribution < -0.4 is 5.32 Å². The van der Waals surface area contributed by atoms with E-state index in [0.29, 0.717) is 15.1 Å². The van der Waals surface area contributed by atoms with Gasteiger partial charge in [0.15, 0.2) is 22.3 Å². The van der Waals surface area contributed by atoms with Crippen molar-refractivity contribution in [3.05, 3.63) is 98.7 Å². The van der Waals surface area contributed by atoms with Crippen LogP contribution in [0.4, 0.5) is 43.9 Å². The minimum absolute atomic E-state index is 0.188. The Balaban J connectivity index is 1.40. The van der Waals surface area contributed by atoms with Gasteiger partial charge in [-0.25, -0.2) is 31.0 Å². The standard InChI is InChI=1S/C45H43ClF10N7O11PS2/c1-41(2,20-74-75(66,67)68)40(65)73-21-61(76(69)70)17-32-35-30(46)9-8-27(37(35)63(59-32)19-43(49,50)51)26-7-6-25(10-11-42(3,4)77(5,71)72)57-36(26)31(14-22-12-23(47)15-24(48)13-22)58-33(64)18-62-39-34(38(60-62)45(54,55)56)28-16-29(28)44(39,52)53/h6-9,12-13,15,28-29,31H,14,16-21H2,1-5H3,(H,58,64)(H,69,70)(H2,66,67,68)/t28-,29+,31?/m0/s1. The Labute approximate surface area is 438 Å². The number of alkyl halides is 8. The van der Waals surface area contributed by atoms with E-state index in [1.54, 1.807) is 0 Å². The fourth-order valence-corrected chi connectivity index (χ4v) is 9.77. The molecule has 2 aliphatic carbocycles. The molecule has 3 heterocycles. The predicted octanol–water partition coefficient (Wildman–Crippen LogP) is 7.87. The molecule has 4 atom stereocenters. The van der Waals surface area contributed by atoms with Crippen LogP contribution >= 0.6 is 19.4 Å². The fourth-order valence-electron chi connectivity index (χ4n) is 8.40. The molecule has 3 aromatic heterocycles. The van der Waals surface area contributed by atoms with Crippen LogP contribution in [0.2, 0.25) is 5.02 Å². The minimum atomic E-state index is -5.23.